The molecule has 0 radical (unpaired) electrons. The fourth-order valence-electron chi connectivity index (χ4n) is 3.48. The van der Waals surface area contributed by atoms with E-state index in [1.54, 1.807) is 0 Å². The van der Waals surface area contributed by atoms with E-state index in [0.717, 1.165) is 31.7 Å². The summed E-state index contributed by atoms with van der Waals surface area (Å²) in [6.45, 7) is 12.9. The van der Waals surface area contributed by atoms with E-state index in [-0.39, 0.29) is 5.54 Å². The molecule has 3 nitrogen and oxygen atoms in total. The first-order chi connectivity index (χ1) is 9.88. The Balaban J connectivity index is 1.74. The zero-order chi connectivity index (χ0) is 15.5. The zero-order valence-corrected chi connectivity index (χ0v) is 14.4. The Morgan fingerprint density at radius 3 is 2.43 bits per heavy atom. The predicted octanol–water partition coefficient (Wildman–Crippen LogP) is 3.56. The summed E-state index contributed by atoms with van der Waals surface area (Å²) >= 11 is 0. The minimum Gasteiger partial charge on any atom is -0.303 e. The van der Waals surface area contributed by atoms with Crippen LogP contribution in [0.5, 0.6) is 0 Å². The number of rotatable bonds is 7. The first-order valence-electron chi connectivity index (χ1n) is 8.80. The molecule has 1 saturated heterocycles. The number of likely N-dealkylation sites (tertiary alicyclic amines) is 1. The molecule has 1 heterocycles. The van der Waals surface area contributed by atoms with E-state index in [2.05, 4.69) is 44.0 Å². The average molecular weight is 291 g/mol. The van der Waals surface area contributed by atoms with Gasteiger partial charge in [-0.15, -0.1) is 0 Å². The zero-order valence-electron chi connectivity index (χ0n) is 14.4. The van der Waals surface area contributed by atoms with Crippen LogP contribution in [0.1, 0.15) is 66.2 Å². The monoisotopic (exact) mass is 291 g/mol. The van der Waals surface area contributed by atoms with Crippen molar-refractivity contribution in [1.82, 2.24) is 10.2 Å². The van der Waals surface area contributed by atoms with Gasteiger partial charge in [-0.2, -0.15) is 5.26 Å². The van der Waals surface area contributed by atoms with E-state index >= 15 is 0 Å². The molecule has 1 aliphatic heterocycles. The van der Waals surface area contributed by atoms with Crippen LogP contribution in [0.3, 0.4) is 0 Å². The Morgan fingerprint density at radius 2 is 1.95 bits per heavy atom. The lowest BCUT2D eigenvalue weighted by molar-refractivity contribution is 0.224. The van der Waals surface area contributed by atoms with Gasteiger partial charge in [0, 0.05) is 12.6 Å². The van der Waals surface area contributed by atoms with Crippen molar-refractivity contribution in [1.29, 1.82) is 5.26 Å². The molecule has 0 aromatic heterocycles. The number of hydrogen-bond donors (Lipinski definition) is 1. The Hall–Kier alpha value is -0.590. The maximum absolute atomic E-state index is 9.57. The number of nitrogens with one attached hydrogen (secondary N) is 1. The van der Waals surface area contributed by atoms with Crippen LogP contribution in [0, 0.1) is 22.7 Å². The molecule has 0 spiro atoms. The highest BCUT2D eigenvalue weighted by atomic mass is 15.1. The smallest absolute Gasteiger partial charge is 0.106 e. The molecular formula is C18H33N3. The second-order valence-corrected chi connectivity index (χ2v) is 8.22. The van der Waals surface area contributed by atoms with E-state index in [9.17, 15) is 5.26 Å². The van der Waals surface area contributed by atoms with E-state index in [1.165, 1.54) is 32.4 Å². The number of nitrogens with zero attached hydrogens (tertiary/aromatic N) is 2. The molecule has 1 N–H and O–H groups in total. The number of nitriles is 1. The van der Waals surface area contributed by atoms with E-state index in [4.69, 9.17) is 0 Å². The molecule has 2 aliphatic rings. The highest BCUT2D eigenvalue weighted by Gasteiger charge is 2.35. The van der Waals surface area contributed by atoms with Gasteiger partial charge in [0.25, 0.3) is 0 Å². The Labute approximate surface area is 131 Å². The Kier molecular flexibility index (Phi) is 5.33. The molecule has 120 valence electrons. The highest BCUT2D eigenvalue weighted by molar-refractivity contribution is 5.09. The van der Waals surface area contributed by atoms with Gasteiger partial charge in [-0.1, -0.05) is 27.7 Å². The first kappa shape index (κ1) is 16.8. The quantitative estimate of drug-likeness (QED) is 0.779. The van der Waals surface area contributed by atoms with Crippen molar-refractivity contribution < 1.29 is 0 Å². The largest absolute Gasteiger partial charge is 0.303 e. The molecule has 1 saturated carbocycles. The third-order valence-electron chi connectivity index (χ3n) is 5.45. The first-order valence-corrected chi connectivity index (χ1v) is 8.80. The molecule has 2 fully saturated rings. The van der Waals surface area contributed by atoms with Crippen LogP contribution < -0.4 is 5.32 Å². The van der Waals surface area contributed by atoms with Gasteiger partial charge in [-0.05, 0) is 62.9 Å². The van der Waals surface area contributed by atoms with Crippen LogP contribution in [0.4, 0.5) is 0 Å². The average Bonchev–Trinajstić information content (AvgIpc) is 3.10. The predicted molar refractivity (Wildman–Crippen MR) is 88.0 cm³/mol. The van der Waals surface area contributed by atoms with Crippen molar-refractivity contribution in [3.05, 3.63) is 0 Å². The SMILES string of the molecule is CCC(C#N)(CCCN1CCC(C(C)(C)C)C1)NC1CC1. The maximum Gasteiger partial charge on any atom is 0.106 e. The summed E-state index contributed by atoms with van der Waals surface area (Å²) < 4.78 is 0. The summed E-state index contributed by atoms with van der Waals surface area (Å²) in [5.41, 5.74) is 0.159. The van der Waals surface area contributed by atoms with Crippen LogP contribution in [0.25, 0.3) is 0 Å². The standard InChI is InChI=1S/C18H33N3/c1-5-18(14-19,20-16-7-8-16)10-6-11-21-12-9-15(13-21)17(2,3)4/h15-16,20H,5-13H2,1-4H3. The molecule has 2 unspecified atom stereocenters. The number of hydrogen-bond acceptors (Lipinski definition) is 3. The lowest BCUT2D eigenvalue weighted by atomic mass is 9.80. The fourth-order valence-corrected chi connectivity index (χ4v) is 3.48. The van der Waals surface area contributed by atoms with Gasteiger partial charge in [0.05, 0.1) is 6.07 Å². The van der Waals surface area contributed by atoms with Gasteiger partial charge in [-0.3, -0.25) is 5.32 Å². The Morgan fingerprint density at radius 1 is 1.24 bits per heavy atom. The van der Waals surface area contributed by atoms with E-state index in [0.29, 0.717) is 11.5 Å². The fraction of sp³-hybridized carbons (Fsp3) is 0.944. The summed E-state index contributed by atoms with van der Waals surface area (Å²) in [6, 6.07) is 3.18. The molecule has 0 aromatic rings. The molecule has 0 aromatic carbocycles. The van der Waals surface area contributed by atoms with Gasteiger partial charge in [0.15, 0.2) is 0 Å². The summed E-state index contributed by atoms with van der Waals surface area (Å²) in [5.74, 6) is 0.828. The van der Waals surface area contributed by atoms with Crippen molar-refractivity contribution in [2.45, 2.75) is 77.8 Å². The molecule has 1 aliphatic carbocycles. The lowest BCUT2D eigenvalue weighted by Gasteiger charge is -2.29. The molecule has 3 heteroatoms. The molecule has 0 amide bonds. The van der Waals surface area contributed by atoms with Crippen molar-refractivity contribution in [2.24, 2.45) is 11.3 Å². The van der Waals surface area contributed by atoms with Gasteiger partial charge in [-0.25, -0.2) is 0 Å². The molecule has 2 atom stereocenters. The minimum atomic E-state index is -0.273. The van der Waals surface area contributed by atoms with Gasteiger partial charge < -0.3 is 4.90 Å². The molecule has 0 bridgehead atoms. The third kappa shape index (κ3) is 4.69. The van der Waals surface area contributed by atoms with Crippen molar-refractivity contribution in [2.75, 3.05) is 19.6 Å². The van der Waals surface area contributed by atoms with Crippen molar-refractivity contribution in [3.63, 3.8) is 0 Å². The van der Waals surface area contributed by atoms with Crippen LogP contribution in [-0.4, -0.2) is 36.1 Å². The lowest BCUT2D eigenvalue weighted by Crippen LogP contribution is -2.45. The molecule has 21 heavy (non-hydrogen) atoms. The summed E-state index contributed by atoms with van der Waals surface area (Å²) in [4.78, 5) is 2.60. The summed E-state index contributed by atoms with van der Waals surface area (Å²) in [6.07, 6.45) is 6.89. The van der Waals surface area contributed by atoms with E-state index < -0.39 is 0 Å². The summed E-state index contributed by atoms with van der Waals surface area (Å²) in [7, 11) is 0. The van der Waals surface area contributed by atoms with Gasteiger partial charge in [0.2, 0.25) is 0 Å². The van der Waals surface area contributed by atoms with Crippen LogP contribution in [-0.2, 0) is 0 Å². The topological polar surface area (TPSA) is 39.1 Å². The third-order valence-corrected chi connectivity index (χ3v) is 5.45. The summed E-state index contributed by atoms with van der Waals surface area (Å²) in [5, 5.41) is 13.2. The van der Waals surface area contributed by atoms with E-state index in [1.807, 2.05) is 0 Å². The normalized spacial score (nSPS) is 26.5. The van der Waals surface area contributed by atoms with Gasteiger partial charge in [0.1, 0.15) is 5.54 Å². The second kappa shape index (κ2) is 6.67. The van der Waals surface area contributed by atoms with Crippen LogP contribution in [0.2, 0.25) is 0 Å². The molecular weight excluding hydrogens is 258 g/mol. The second-order valence-electron chi connectivity index (χ2n) is 8.22. The van der Waals surface area contributed by atoms with Crippen LogP contribution in [0.15, 0.2) is 0 Å². The minimum absolute atomic E-state index is 0.273. The Bertz CT molecular complexity index is 375. The van der Waals surface area contributed by atoms with Gasteiger partial charge >= 0.3 is 0 Å². The highest BCUT2D eigenvalue weighted by Crippen LogP contribution is 2.34. The van der Waals surface area contributed by atoms with Crippen LogP contribution >= 0.6 is 0 Å². The van der Waals surface area contributed by atoms with Crippen molar-refractivity contribution >= 4 is 0 Å². The molecule has 2 rings (SSSR count). The van der Waals surface area contributed by atoms with Crippen molar-refractivity contribution in [3.8, 4) is 6.07 Å². The maximum atomic E-state index is 9.57.